The lowest BCUT2D eigenvalue weighted by molar-refractivity contribution is -0.118. The number of carbonyl (C=O) groups excluding carboxylic acids is 1. The molecule has 2 fully saturated rings. The van der Waals surface area contributed by atoms with Gasteiger partial charge in [0.15, 0.2) is 0 Å². The molecule has 33 heavy (non-hydrogen) atoms. The molecule has 0 aliphatic carbocycles. The summed E-state index contributed by atoms with van der Waals surface area (Å²) in [5, 5.41) is 16.7. The summed E-state index contributed by atoms with van der Waals surface area (Å²) < 4.78 is 6.38. The SMILES string of the molecule is C/C(=C1\Cc2ccccc2N1)N(c1ccccc1/C=C1\CNC(=O)C1)[C@@]1(C)OCCC1CO. The van der Waals surface area contributed by atoms with Crippen LogP contribution in [0, 0.1) is 5.92 Å². The Kier molecular flexibility index (Phi) is 5.72. The first kappa shape index (κ1) is 21.7. The lowest BCUT2D eigenvalue weighted by atomic mass is 9.93. The van der Waals surface area contributed by atoms with E-state index in [0.717, 1.165) is 46.7 Å². The zero-order valence-electron chi connectivity index (χ0n) is 19.2. The molecule has 1 amide bonds. The number of aliphatic hydroxyl groups excluding tert-OH is 1. The van der Waals surface area contributed by atoms with Gasteiger partial charge in [-0.1, -0.05) is 42.5 Å². The third-order valence-electron chi connectivity index (χ3n) is 7.16. The number of ether oxygens (including phenoxy) is 1. The number of amides is 1. The van der Waals surface area contributed by atoms with Gasteiger partial charge in [-0.3, -0.25) is 4.79 Å². The molecule has 2 aromatic rings. The molecular formula is C27H31N3O3. The summed E-state index contributed by atoms with van der Waals surface area (Å²) in [6.07, 6.45) is 4.17. The summed E-state index contributed by atoms with van der Waals surface area (Å²) in [6.45, 7) is 5.45. The van der Waals surface area contributed by atoms with Crippen molar-refractivity contribution in [3.8, 4) is 0 Å². The molecular weight excluding hydrogens is 414 g/mol. The average molecular weight is 446 g/mol. The number of anilines is 2. The molecule has 3 aliphatic heterocycles. The number of rotatable bonds is 5. The van der Waals surface area contributed by atoms with E-state index < -0.39 is 5.72 Å². The van der Waals surface area contributed by atoms with Crippen molar-refractivity contribution < 1.29 is 14.6 Å². The van der Waals surface area contributed by atoms with Crippen LogP contribution in [-0.2, 0) is 16.0 Å². The molecule has 0 spiro atoms. The minimum Gasteiger partial charge on any atom is -0.396 e. The van der Waals surface area contributed by atoms with Gasteiger partial charge >= 0.3 is 0 Å². The van der Waals surface area contributed by atoms with E-state index in [4.69, 9.17) is 4.74 Å². The van der Waals surface area contributed by atoms with Gasteiger partial charge in [-0.2, -0.15) is 0 Å². The Morgan fingerprint density at radius 3 is 2.76 bits per heavy atom. The largest absolute Gasteiger partial charge is 0.396 e. The molecule has 0 aromatic heterocycles. The van der Waals surface area contributed by atoms with Gasteiger partial charge < -0.3 is 25.4 Å². The Morgan fingerprint density at radius 2 is 2.00 bits per heavy atom. The first-order valence-corrected chi connectivity index (χ1v) is 11.6. The van der Waals surface area contributed by atoms with Gasteiger partial charge in [0.2, 0.25) is 5.91 Å². The lowest BCUT2D eigenvalue weighted by Crippen LogP contribution is -2.51. The van der Waals surface area contributed by atoms with E-state index >= 15 is 0 Å². The Balaban J connectivity index is 1.63. The summed E-state index contributed by atoms with van der Waals surface area (Å²) in [6, 6.07) is 16.6. The van der Waals surface area contributed by atoms with Crippen molar-refractivity contribution in [1.29, 1.82) is 0 Å². The molecule has 2 aromatic carbocycles. The van der Waals surface area contributed by atoms with Crippen LogP contribution in [0.2, 0.25) is 0 Å². The molecule has 3 N–H and O–H groups in total. The summed E-state index contributed by atoms with van der Waals surface area (Å²) in [5.41, 5.74) is 7.03. The van der Waals surface area contributed by atoms with Crippen LogP contribution in [0.4, 0.5) is 11.4 Å². The molecule has 6 heteroatoms. The molecule has 2 saturated heterocycles. The second-order valence-electron chi connectivity index (χ2n) is 9.24. The molecule has 3 heterocycles. The smallest absolute Gasteiger partial charge is 0.224 e. The first-order valence-electron chi connectivity index (χ1n) is 11.6. The van der Waals surface area contributed by atoms with E-state index in [0.29, 0.717) is 19.6 Å². The van der Waals surface area contributed by atoms with Gasteiger partial charge in [-0.15, -0.1) is 0 Å². The summed E-state index contributed by atoms with van der Waals surface area (Å²) in [7, 11) is 0. The first-order chi connectivity index (χ1) is 16.0. The maximum absolute atomic E-state index is 11.8. The highest BCUT2D eigenvalue weighted by molar-refractivity contribution is 5.85. The molecule has 6 nitrogen and oxygen atoms in total. The molecule has 3 aliphatic rings. The van der Waals surface area contributed by atoms with E-state index in [-0.39, 0.29) is 18.4 Å². The number of allylic oxidation sites excluding steroid dienone is 2. The fourth-order valence-corrected chi connectivity index (χ4v) is 5.28. The van der Waals surface area contributed by atoms with Crippen molar-refractivity contribution in [3.63, 3.8) is 0 Å². The molecule has 5 rings (SSSR count). The molecule has 0 radical (unpaired) electrons. The van der Waals surface area contributed by atoms with E-state index in [1.54, 1.807) is 0 Å². The van der Waals surface area contributed by atoms with Crippen LogP contribution in [0.15, 0.2) is 65.5 Å². The highest BCUT2D eigenvalue weighted by Crippen LogP contribution is 2.43. The fourth-order valence-electron chi connectivity index (χ4n) is 5.28. The van der Waals surface area contributed by atoms with Crippen LogP contribution >= 0.6 is 0 Å². The highest BCUT2D eigenvalue weighted by atomic mass is 16.5. The number of aliphatic hydroxyl groups is 1. The number of carbonyl (C=O) groups is 1. The van der Waals surface area contributed by atoms with E-state index in [1.165, 1.54) is 5.56 Å². The third kappa shape index (κ3) is 3.94. The number of hydrogen-bond acceptors (Lipinski definition) is 5. The zero-order chi connectivity index (χ0) is 23.0. The Hall–Kier alpha value is -3.09. The Bertz CT molecular complexity index is 1110. The minimum atomic E-state index is -0.694. The second kappa shape index (κ2) is 8.69. The van der Waals surface area contributed by atoms with Gasteiger partial charge in [-0.05, 0) is 49.1 Å². The van der Waals surface area contributed by atoms with E-state index in [9.17, 15) is 9.90 Å². The normalized spacial score (nSPS) is 26.8. The van der Waals surface area contributed by atoms with Crippen LogP contribution < -0.4 is 15.5 Å². The predicted octanol–water partition coefficient (Wildman–Crippen LogP) is 4.04. The lowest BCUT2D eigenvalue weighted by Gasteiger charge is -2.44. The fraction of sp³-hybridized carbons (Fsp3) is 0.370. The number of fused-ring (bicyclic) bond motifs is 1. The van der Waals surface area contributed by atoms with Crippen LogP contribution in [-0.4, -0.2) is 36.5 Å². The van der Waals surface area contributed by atoms with Crippen molar-refractivity contribution in [3.05, 3.63) is 76.6 Å². The second-order valence-corrected chi connectivity index (χ2v) is 9.24. The molecule has 172 valence electrons. The molecule has 1 unspecified atom stereocenters. The van der Waals surface area contributed by atoms with Crippen molar-refractivity contribution in [2.24, 2.45) is 5.92 Å². The summed E-state index contributed by atoms with van der Waals surface area (Å²) in [5.74, 6) is 0.0421. The van der Waals surface area contributed by atoms with Gasteiger partial charge in [0.05, 0.1) is 18.9 Å². The predicted molar refractivity (Wildman–Crippen MR) is 131 cm³/mol. The quantitative estimate of drug-likeness (QED) is 0.648. The van der Waals surface area contributed by atoms with Crippen molar-refractivity contribution in [1.82, 2.24) is 5.32 Å². The van der Waals surface area contributed by atoms with Crippen LogP contribution in [0.3, 0.4) is 0 Å². The summed E-state index contributed by atoms with van der Waals surface area (Å²) >= 11 is 0. The van der Waals surface area contributed by atoms with Gasteiger partial charge in [0.1, 0.15) is 5.72 Å². The summed E-state index contributed by atoms with van der Waals surface area (Å²) in [4.78, 5) is 14.0. The standard InChI is InChI=1S/C27H31N3O3/c1-18(24-15-20-7-3-5-9-23(20)29-24)30(27(2)22(17-31)11-12-33-27)25-10-6-4-8-21(25)13-19-14-26(32)28-16-19/h3-10,13,22,29,31H,11-12,14-17H2,1-2H3,(H,28,32)/b19-13-,24-18-/t22?,27-/m0/s1. The van der Waals surface area contributed by atoms with Crippen LogP contribution in [0.5, 0.6) is 0 Å². The Labute approximate surface area is 194 Å². The van der Waals surface area contributed by atoms with Gasteiger partial charge in [-0.25, -0.2) is 0 Å². The molecule has 0 bridgehead atoms. The third-order valence-corrected chi connectivity index (χ3v) is 7.16. The number of nitrogens with zero attached hydrogens (tertiary/aromatic N) is 1. The zero-order valence-corrected chi connectivity index (χ0v) is 19.2. The number of para-hydroxylation sites is 2. The molecule has 2 atom stereocenters. The maximum atomic E-state index is 11.8. The molecule has 0 saturated carbocycles. The topological polar surface area (TPSA) is 73.8 Å². The minimum absolute atomic E-state index is 0.0211. The number of nitrogens with one attached hydrogen (secondary N) is 2. The van der Waals surface area contributed by atoms with Crippen LogP contribution in [0.1, 0.15) is 37.8 Å². The van der Waals surface area contributed by atoms with Gasteiger partial charge in [0, 0.05) is 42.4 Å². The van der Waals surface area contributed by atoms with E-state index in [1.807, 2.05) is 18.2 Å². The van der Waals surface area contributed by atoms with E-state index in [2.05, 4.69) is 65.8 Å². The Morgan fingerprint density at radius 1 is 1.21 bits per heavy atom. The highest BCUT2D eigenvalue weighted by Gasteiger charge is 2.46. The maximum Gasteiger partial charge on any atom is 0.224 e. The van der Waals surface area contributed by atoms with Crippen molar-refractivity contribution >= 4 is 23.4 Å². The van der Waals surface area contributed by atoms with Gasteiger partial charge in [0.25, 0.3) is 0 Å². The van der Waals surface area contributed by atoms with Crippen LogP contribution in [0.25, 0.3) is 6.08 Å². The monoisotopic (exact) mass is 445 g/mol. The number of hydrogen-bond donors (Lipinski definition) is 3. The average Bonchev–Trinajstić information content (AvgIpc) is 3.53. The van der Waals surface area contributed by atoms with Crippen molar-refractivity contribution in [2.45, 2.75) is 38.8 Å². The van der Waals surface area contributed by atoms with Crippen molar-refractivity contribution in [2.75, 3.05) is 30.0 Å². The number of benzene rings is 2.